The number of aliphatic imine (C=N–C) groups is 1. The maximum atomic E-state index is 12.4. The molecule has 228 valence electrons. The highest BCUT2D eigenvalue weighted by atomic mass is 16.4. The molecule has 4 rings (SSSR count). The summed E-state index contributed by atoms with van der Waals surface area (Å²) in [5.74, 6) is -2.15. The van der Waals surface area contributed by atoms with Gasteiger partial charge < -0.3 is 25.5 Å². The average Bonchev–Trinajstić information content (AvgIpc) is 3.59. The summed E-state index contributed by atoms with van der Waals surface area (Å²) in [6.45, 7) is 11.6. The van der Waals surface area contributed by atoms with E-state index in [9.17, 15) is 29.4 Å². The van der Waals surface area contributed by atoms with Gasteiger partial charge in [-0.3, -0.25) is 19.2 Å². The zero-order valence-corrected chi connectivity index (χ0v) is 25.6. The Labute approximate surface area is 250 Å². The smallest absolute Gasteiger partial charge is 0.303 e. The van der Waals surface area contributed by atoms with Crippen molar-refractivity contribution in [2.75, 3.05) is 0 Å². The Hall–Kier alpha value is -4.47. The standard InChI is InChI=1S/C33H40N4O6/c1-7-20-19(6)32(42)37-27(20)14-25-18(5)23(10-12-31(40)41)29(35-25)15-28-22(9-11-30(38)39)17(4)24(34-28)13-26-16(3)21(8-2)33(43)36-26/h13-15,19-20,34-35H,7-12H2,1-6H3,(H,37,42)(H,38,39)(H,40,41)/t19-,20-/m1/s1. The molecule has 5 N–H and O–H groups in total. The van der Waals surface area contributed by atoms with Crippen molar-refractivity contribution in [1.29, 1.82) is 0 Å². The van der Waals surface area contributed by atoms with E-state index in [1.54, 1.807) is 0 Å². The first-order valence-electron chi connectivity index (χ1n) is 14.8. The Bertz CT molecular complexity index is 1720. The molecule has 2 atom stereocenters. The number of rotatable bonds is 11. The summed E-state index contributed by atoms with van der Waals surface area (Å²) in [4.78, 5) is 58.8. The number of carboxylic acids is 2. The van der Waals surface area contributed by atoms with Crippen LogP contribution in [0, 0.1) is 25.7 Å². The summed E-state index contributed by atoms with van der Waals surface area (Å²) in [5, 5.41) is 23.3. The number of aromatic nitrogens is 2. The molecular formula is C33H40N4O6. The monoisotopic (exact) mass is 588 g/mol. The first kappa shape index (κ1) is 31.5. The van der Waals surface area contributed by atoms with Gasteiger partial charge in [-0.05, 0) is 92.5 Å². The van der Waals surface area contributed by atoms with Gasteiger partial charge in [-0.2, -0.15) is 0 Å². The van der Waals surface area contributed by atoms with Gasteiger partial charge in [0.15, 0.2) is 0 Å². The molecule has 0 unspecified atom stereocenters. The Morgan fingerprint density at radius 2 is 1.51 bits per heavy atom. The molecule has 1 saturated heterocycles. The summed E-state index contributed by atoms with van der Waals surface area (Å²) in [5.41, 5.74) is 7.79. The fourth-order valence-corrected chi connectivity index (χ4v) is 6.09. The van der Waals surface area contributed by atoms with Gasteiger partial charge in [0.25, 0.3) is 5.91 Å². The van der Waals surface area contributed by atoms with Crippen molar-refractivity contribution in [2.24, 2.45) is 16.8 Å². The van der Waals surface area contributed by atoms with Crippen LogP contribution < -0.4 is 16.0 Å². The molecule has 0 aliphatic carbocycles. The number of carbonyl (C=O) groups is 4. The zero-order chi connectivity index (χ0) is 31.6. The van der Waals surface area contributed by atoms with Gasteiger partial charge in [0.2, 0.25) is 5.91 Å². The van der Waals surface area contributed by atoms with Crippen molar-refractivity contribution < 1.29 is 29.4 Å². The molecule has 2 amide bonds. The lowest BCUT2D eigenvalue weighted by Gasteiger charge is -2.11. The average molecular weight is 589 g/mol. The lowest BCUT2D eigenvalue weighted by Crippen LogP contribution is -2.16. The van der Waals surface area contributed by atoms with E-state index in [4.69, 9.17) is 0 Å². The van der Waals surface area contributed by atoms with Gasteiger partial charge in [0.1, 0.15) is 0 Å². The summed E-state index contributed by atoms with van der Waals surface area (Å²) in [6, 6.07) is 0. The van der Waals surface area contributed by atoms with Gasteiger partial charge in [0.05, 0.1) is 5.71 Å². The maximum absolute atomic E-state index is 12.4. The summed E-state index contributed by atoms with van der Waals surface area (Å²) >= 11 is 0. The number of carbonyl (C=O) groups excluding carboxylic acids is 2. The summed E-state index contributed by atoms with van der Waals surface area (Å²) in [6.07, 6.45) is 7.48. The number of aliphatic carboxylic acids is 2. The number of hydrogen-bond acceptors (Lipinski definition) is 4. The molecule has 2 aliphatic rings. The third kappa shape index (κ3) is 6.48. The second-order valence-electron chi connectivity index (χ2n) is 11.3. The van der Waals surface area contributed by atoms with E-state index < -0.39 is 11.9 Å². The second kappa shape index (κ2) is 12.8. The molecule has 0 radical (unpaired) electrons. The van der Waals surface area contributed by atoms with Crippen molar-refractivity contribution in [2.45, 2.75) is 80.1 Å². The number of nitrogens with zero attached hydrogens (tertiary/aromatic N) is 1. The van der Waals surface area contributed by atoms with E-state index in [0.717, 1.165) is 51.0 Å². The first-order chi connectivity index (χ1) is 20.4. The zero-order valence-electron chi connectivity index (χ0n) is 25.6. The van der Waals surface area contributed by atoms with Gasteiger partial charge in [-0.15, -0.1) is 0 Å². The molecule has 2 aliphatic heterocycles. The highest BCUT2D eigenvalue weighted by Gasteiger charge is 2.34. The molecule has 10 heteroatoms. The van der Waals surface area contributed by atoms with Gasteiger partial charge in [0, 0.05) is 58.0 Å². The van der Waals surface area contributed by atoms with E-state index in [1.165, 1.54) is 0 Å². The summed E-state index contributed by atoms with van der Waals surface area (Å²) < 4.78 is 0. The molecule has 10 nitrogen and oxygen atoms in total. The molecule has 0 spiro atoms. The van der Waals surface area contributed by atoms with Crippen LogP contribution in [0.2, 0.25) is 0 Å². The molecule has 0 saturated carbocycles. The SMILES string of the molecule is CCC1=C(C)C(C=c2[nH]c(=Cc3[nH]c(C=C4NC(=O)[C@H](C)[C@H]4CC)c(C)c3CCC(=O)O)c(CCC(=O)O)c2C)=NC1=O. The largest absolute Gasteiger partial charge is 0.481 e. The lowest BCUT2D eigenvalue weighted by molar-refractivity contribution is -0.138. The van der Waals surface area contributed by atoms with Gasteiger partial charge >= 0.3 is 11.9 Å². The van der Waals surface area contributed by atoms with E-state index in [-0.39, 0.29) is 42.9 Å². The van der Waals surface area contributed by atoms with Crippen LogP contribution in [0.25, 0.3) is 18.2 Å². The highest BCUT2D eigenvalue weighted by Crippen LogP contribution is 2.32. The fraction of sp³-hybridized carbons (Fsp3) is 0.424. The minimum absolute atomic E-state index is 0.0152. The van der Waals surface area contributed by atoms with Gasteiger partial charge in [-0.25, -0.2) is 4.99 Å². The predicted molar refractivity (Wildman–Crippen MR) is 165 cm³/mol. The third-order valence-corrected chi connectivity index (χ3v) is 8.74. The van der Waals surface area contributed by atoms with E-state index >= 15 is 0 Å². The normalized spacial score (nSPS) is 20.5. The van der Waals surface area contributed by atoms with Gasteiger partial charge in [-0.1, -0.05) is 20.8 Å². The number of carboxylic acid groups (broad SMARTS) is 2. The van der Waals surface area contributed by atoms with Crippen LogP contribution in [0.15, 0.2) is 21.8 Å². The molecular weight excluding hydrogens is 548 g/mol. The van der Waals surface area contributed by atoms with Crippen molar-refractivity contribution in [3.63, 3.8) is 0 Å². The lowest BCUT2D eigenvalue weighted by atomic mass is 9.92. The summed E-state index contributed by atoms with van der Waals surface area (Å²) in [7, 11) is 0. The van der Waals surface area contributed by atoms with E-state index in [2.05, 4.69) is 20.3 Å². The van der Waals surface area contributed by atoms with Crippen LogP contribution in [-0.4, -0.2) is 49.6 Å². The van der Waals surface area contributed by atoms with E-state index in [0.29, 0.717) is 35.2 Å². The number of allylic oxidation sites excluding steroid dienone is 2. The minimum Gasteiger partial charge on any atom is -0.481 e. The highest BCUT2D eigenvalue weighted by molar-refractivity contribution is 6.30. The molecule has 4 heterocycles. The minimum atomic E-state index is -0.917. The number of amides is 2. The van der Waals surface area contributed by atoms with Crippen molar-refractivity contribution >= 4 is 47.7 Å². The van der Waals surface area contributed by atoms with Crippen LogP contribution >= 0.6 is 0 Å². The molecule has 1 fully saturated rings. The molecule has 2 aromatic heterocycles. The maximum Gasteiger partial charge on any atom is 0.303 e. The Balaban J connectivity index is 1.90. The third-order valence-electron chi connectivity index (χ3n) is 8.74. The number of hydrogen-bond donors (Lipinski definition) is 5. The quantitative estimate of drug-likeness (QED) is 0.270. The van der Waals surface area contributed by atoms with Crippen molar-refractivity contribution in [1.82, 2.24) is 15.3 Å². The van der Waals surface area contributed by atoms with E-state index in [1.807, 2.05) is 59.8 Å². The number of H-pyrrole nitrogens is 2. The Kier molecular flexibility index (Phi) is 9.37. The number of aromatic amines is 2. The number of nitrogens with one attached hydrogen (secondary N) is 3. The van der Waals surface area contributed by atoms with Crippen LogP contribution in [0.1, 0.15) is 87.0 Å². The Morgan fingerprint density at radius 1 is 0.860 bits per heavy atom. The topological polar surface area (TPSA) is 165 Å². The van der Waals surface area contributed by atoms with Crippen molar-refractivity contribution in [3.8, 4) is 0 Å². The Morgan fingerprint density at radius 3 is 2.09 bits per heavy atom. The second-order valence-corrected chi connectivity index (χ2v) is 11.3. The predicted octanol–water partition coefficient (Wildman–Crippen LogP) is 3.44. The van der Waals surface area contributed by atoms with Crippen LogP contribution in [0.3, 0.4) is 0 Å². The molecule has 0 bridgehead atoms. The van der Waals surface area contributed by atoms with Crippen LogP contribution in [0.4, 0.5) is 0 Å². The molecule has 0 aromatic carbocycles. The fourth-order valence-electron chi connectivity index (χ4n) is 6.09. The molecule has 2 aromatic rings. The van der Waals surface area contributed by atoms with Crippen LogP contribution in [-0.2, 0) is 32.0 Å². The molecule has 43 heavy (non-hydrogen) atoms. The van der Waals surface area contributed by atoms with Crippen LogP contribution in [0.5, 0.6) is 0 Å². The van der Waals surface area contributed by atoms with Crippen molar-refractivity contribution in [3.05, 3.63) is 61.2 Å². The first-order valence-corrected chi connectivity index (χ1v) is 14.8.